The molecule has 11 heteroatoms. The third-order valence-corrected chi connectivity index (χ3v) is 5.95. The fourth-order valence-electron chi connectivity index (χ4n) is 2.85. The zero-order chi connectivity index (χ0) is 22.3. The van der Waals surface area contributed by atoms with Crippen LogP contribution in [0.2, 0.25) is 20.1 Å². The summed E-state index contributed by atoms with van der Waals surface area (Å²) in [5, 5.41) is 2.60. The number of alkyl halides is 3. The Morgan fingerprint density at radius 2 is 1.73 bits per heavy atom. The van der Waals surface area contributed by atoms with Gasteiger partial charge in [-0.05, 0) is 35.9 Å². The largest absolute Gasteiger partial charge is 0.428 e. The third kappa shape index (κ3) is 4.36. The molecule has 0 bridgehead atoms. The highest BCUT2D eigenvalue weighted by Crippen LogP contribution is 2.49. The summed E-state index contributed by atoms with van der Waals surface area (Å²) in [5.74, 6) is -0.273. The van der Waals surface area contributed by atoms with Crippen molar-refractivity contribution in [3.63, 3.8) is 0 Å². The van der Waals surface area contributed by atoms with E-state index in [4.69, 9.17) is 51.2 Å². The first kappa shape index (κ1) is 23.0. The van der Waals surface area contributed by atoms with E-state index in [9.17, 15) is 18.0 Å². The molecule has 0 spiro atoms. The van der Waals surface area contributed by atoms with Crippen molar-refractivity contribution < 1.29 is 22.8 Å². The molecule has 4 nitrogen and oxygen atoms in total. The number of hydrogen-bond donors (Lipinski definition) is 2. The number of hydroxylamine groups is 1. The van der Waals surface area contributed by atoms with Crippen molar-refractivity contribution in [2.24, 2.45) is 0 Å². The number of benzene rings is 2. The minimum absolute atomic E-state index is 0.0512. The summed E-state index contributed by atoms with van der Waals surface area (Å²) in [5.41, 5.74) is 0.0785. The molecule has 0 fully saturated rings. The molecule has 2 aromatic carbocycles. The van der Waals surface area contributed by atoms with Crippen LogP contribution in [0, 0.1) is 0 Å². The van der Waals surface area contributed by atoms with Crippen LogP contribution in [0.25, 0.3) is 5.70 Å². The van der Waals surface area contributed by atoms with E-state index < -0.39 is 11.8 Å². The summed E-state index contributed by atoms with van der Waals surface area (Å²) in [4.78, 5) is 16.2. The van der Waals surface area contributed by atoms with Crippen LogP contribution in [-0.4, -0.2) is 12.1 Å². The minimum atomic E-state index is -4.85. The van der Waals surface area contributed by atoms with Crippen LogP contribution in [0.1, 0.15) is 23.6 Å². The number of hydrogen-bond acceptors (Lipinski definition) is 3. The van der Waals surface area contributed by atoms with Gasteiger partial charge in [0, 0.05) is 29.6 Å². The van der Waals surface area contributed by atoms with E-state index in [0.717, 1.165) is 18.2 Å². The van der Waals surface area contributed by atoms with Gasteiger partial charge in [0.25, 0.3) is 0 Å². The standard InChI is InChI=1S/C19H13Cl4F3N2O2/c1-9(29)27-8-11-4-10(2-3-13(11)20)16-7-18(30-28-16,19(24,25)26)12-5-14(21)17(23)15(22)6-12/h2-7,28H,8H2,1H3,(H,27,29). The highest BCUT2D eigenvalue weighted by molar-refractivity contribution is 6.48. The van der Waals surface area contributed by atoms with Crippen molar-refractivity contribution in [2.75, 3.05) is 0 Å². The second-order valence-corrected chi connectivity index (χ2v) is 8.06. The van der Waals surface area contributed by atoms with Gasteiger partial charge in [0.1, 0.15) is 0 Å². The van der Waals surface area contributed by atoms with Gasteiger partial charge in [-0.3, -0.25) is 15.1 Å². The number of nitrogens with one attached hydrogen (secondary N) is 2. The maximum absolute atomic E-state index is 14.1. The second kappa shape index (κ2) is 8.48. The molecule has 30 heavy (non-hydrogen) atoms. The van der Waals surface area contributed by atoms with Crippen LogP contribution in [0.5, 0.6) is 0 Å². The average Bonchev–Trinajstić information content (AvgIpc) is 3.11. The normalized spacial score (nSPS) is 18.7. The molecule has 1 aliphatic heterocycles. The Morgan fingerprint density at radius 1 is 1.10 bits per heavy atom. The van der Waals surface area contributed by atoms with Crippen LogP contribution in [0.15, 0.2) is 36.4 Å². The molecule has 0 aromatic heterocycles. The fourth-order valence-corrected chi connectivity index (χ4v) is 3.63. The number of carbonyl (C=O) groups is 1. The Bertz CT molecular complexity index is 1020. The smallest absolute Gasteiger partial charge is 0.352 e. The molecular formula is C19H13Cl4F3N2O2. The van der Waals surface area contributed by atoms with E-state index in [2.05, 4.69) is 10.8 Å². The molecule has 1 amide bonds. The highest BCUT2D eigenvalue weighted by atomic mass is 35.5. The van der Waals surface area contributed by atoms with Crippen LogP contribution < -0.4 is 10.8 Å². The van der Waals surface area contributed by atoms with Crippen molar-refractivity contribution >= 4 is 58.0 Å². The van der Waals surface area contributed by atoms with E-state index in [0.29, 0.717) is 16.1 Å². The van der Waals surface area contributed by atoms with Gasteiger partial charge in [0.15, 0.2) is 0 Å². The van der Waals surface area contributed by atoms with Gasteiger partial charge in [-0.1, -0.05) is 52.5 Å². The molecule has 160 valence electrons. The van der Waals surface area contributed by atoms with E-state index in [1.165, 1.54) is 19.1 Å². The topological polar surface area (TPSA) is 50.4 Å². The summed E-state index contributed by atoms with van der Waals surface area (Å²) in [6, 6.07) is 6.69. The number of carbonyl (C=O) groups excluding carboxylic acids is 1. The van der Waals surface area contributed by atoms with Gasteiger partial charge >= 0.3 is 6.18 Å². The van der Waals surface area contributed by atoms with E-state index in [1.54, 1.807) is 6.07 Å². The van der Waals surface area contributed by atoms with Crippen LogP contribution in [0.4, 0.5) is 13.2 Å². The van der Waals surface area contributed by atoms with Gasteiger partial charge in [-0.25, -0.2) is 0 Å². The first-order chi connectivity index (χ1) is 13.9. The van der Waals surface area contributed by atoms with Gasteiger partial charge in [0.05, 0.1) is 20.8 Å². The van der Waals surface area contributed by atoms with E-state index in [-0.39, 0.29) is 38.8 Å². The molecule has 0 saturated carbocycles. The first-order valence-corrected chi connectivity index (χ1v) is 9.87. The Kier molecular flexibility index (Phi) is 6.51. The lowest BCUT2D eigenvalue weighted by Gasteiger charge is -2.29. The van der Waals surface area contributed by atoms with Crippen molar-refractivity contribution in [3.8, 4) is 0 Å². The van der Waals surface area contributed by atoms with E-state index in [1.807, 2.05) is 0 Å². The Morgan fingerprint density at radius 3 is 2.30 bits per heavy atom. The first-order valence-electron chi connectivity index (χ1n) is 8.36. The average molecular weight is 500 g/mol. The summed E-state index contributed by atoms with van der Waals surface area (Å²) >= 11 is 23.8. The number of amides is 1. The maximum atomic E-state index is 14.1. The van der Waals surface area contributed by atoms with Gasteiger partial charge < -0.3 is 5.32 Å². The molecule has 3 rings (SSSR count). The summed E-state index contributed by atoms with van der Waals surface area (Å²) in [7, 11) is 0. The SMILES string of the molecule is CC(=O)NCc1cc(C2=CC(c3cc(Cl)c(Cl)c(Cl)c3)(C(F)(F)F)ON2)ccc1Cl. The molecule has 2 N–H and O–H groups in total. The molecule has 2 aromatic rings. The summed E-state index contributed by atoms with van der Waals surface area (Å²) in [6.07, 6.45) is -3.97. The lowest BCUT2D eigenvalue weighted by atomic mass is 9.91. The van der Waals surface area contributed by atoms with Crippen LogP contribution in [-0.2, 0) is 21.8 Å². The van der Waals surface area contributed by atoms with Crippen molar-refractivity contribution in [1.82, 2.24) is 10.8 Å². The Labute approximate surface area is 189 Å². The molecule has 1 aliphatic rings. The summed E-state index contributed by atoms with van der Waals surface area (Å²) in [6.45, 7) is 1.45. The predicted octanol–water partition coefficient (Wildman–Crippen LogP) is 6.27. The highest BCUT2D eigenvalue weighted by Gasteiger charge is 2.59. The maximum Gasteiger partial charge on any atom is 0.428 e. The molecule has 1 atom stereocenters. The molecule has 0 radical (unpaired) electrons. The molecule has 0 saturated heterocycles. The Balaban J connectivity index is 2.08. The quantitative estimate of drug-likeness (QED) is 0.487. The van der Waals surface area contributed by atoms with Gasteiger partial charge in [0.2, 0.25) is 11.5 Å². The lowest BCUT2D eigenvalue weighted by Crippen LogP contribution is -2.42. The Hall–Kier alpha value is -1.64. The van der Waals surface area contributed by atoms with Crippen LogP contribution in [0.3, 0.4) is 0 Å². The molecule has 0 aliphatic carbocycles. The molecule has 1 unspecified atom stereocenters. The number of rotatable bonds is 4. The number of halogens is 7. The summed E-state index contributed by atoms with van der Waals surface area (Å²) < 4.78 is 42.3. The zero-order valence-electron chi connectivity index (χ0n) is 15.1. The van der Waals surface area contributed by atoms with Gasteiger partial charge in [-0.2, -0.15) is 13.2 Å². The van der Waals surface area contributed by atoms with Gasteiger partial charge in [-0.15, -0.1) is 0 Å². The monoisotopic (exact) mass is 498 g/mol. The zero-order valence-corrected chi connectivity index (χ0v) is 18.2. The van der Waals surface area contributed by atoms with Crippen molar-refractivity contribution in [1.29, 1.82) is 0 Å². The van der Waals surface area contributed by atoms with E-state index >= 15 is 0 Å². The minimum Gasteiger partial charge on any atom is -0.352 e. The molecular weight excluding hydrogens is 487 g/mol. The fraction of sp³-hybridized carbons (Fsp3) is 0.211. The second-order valence-electron chi connectivity index (χ2n) is 6.47. The predicted molar refractivity (Wildman–Crippen MR) is 110 cm³/mol. The van der Waals surface area contributed by atoms with Crippen LogP contribution >= 0.6 is 46.4 Å². The van der Waals surface area contributed by atoms with Crippen molar-refractivity contribution in [3.05, 3.63) is 73.2 Å². The lowest BCUT2D eigenvalue weighted by molar-refractivity contribution is -0.269. The third-order valence-electron chi connectivity index (χ3n) is 4.39. The molecule has 1 heterocycles. The van der Waals surface area contributed by atoms with Crippen molar-refractivity contribution in [2.45, 2.75) is 25.2 Å².